The Labute approximate surface area is 113 Å². The first-order valence-electron chi connectivity index (χ1n) is 5.39. The summed E-state index contributed by atoms with van der Waals surface area (Å²) in [7, 11) is 0. The molecule has 3 N–H and O–H groups in total. The molecule has 5 heteroatoms. The lowest BCUT2D eigenvalue weighted by Crippen LogP contribution is -2.05. The Morgan fingerprint density at radius 1 is 1.39 bits per heavy atom. The zero-order valence-electron chi connectivity index (χ0n) is 9.48. The van der Waals surface area contributed by atoms with Crippen LogP contribution in [0, 0.1) is 5.82 Å². The van der Waals surface area contributed by atoms with E-state index in [9.17, 15) is 9.50 Å². The summed E-state index contributed by atoms with van der Waals surface area (Å²) in [4.78, 5) is 3.94. The minimum atomic E-state index is -0.816. The predicted octanol–water partition coefficient (Wildman–Crippen LogP) is 2.84. The largest absolute Gasteiger partial charge is 0.388 e. The summed E-state index contributed by atoms with van der Waals surface area (Å²) in [5, 5.41) is 10.1. The Kier molecular flexibility index (Phi) is 3.93. The highest BCUT2D eigenvalue weighted by Crippen LogP contribution is 2.24. The van der Waals surface area contributed by atoms with Gasteiger partial charge in [0.2, 0.25) is 0 Å². The van der Waals surface area contributed by atoms with Crippen LogP contribution in [0.5, 0.6) is 0 Å². The highest BCUT2D eigenvalue weighted by atomic mass is 79.9. The topological polar surface area (TPSA) is 59.1 Å². The van der Waals surface area contributed by atoms with Crippen LogP contribution in [0.3, 0.4) is 0 Å². The van der Waals surface area contributed by atoms with Crippen molar-refractivity contribution in [1.29, 1.82) is 0 Å². The van der Waals surface area contributed by atoms with E-state index in [4.69, 9.17) is 5.73 Å². The Balaban J connectivity index is 2.22. The van der Waals surface area contributed by atoms with Gasteiger partial charge >= 0.3 is 0 Å². The molecule has 0 amide bonds. The van der Waals surface area contributed by atoms with Gasteiger partial charge in [-0.2, -0.15) is 0 Å². The molecule has 0 spiro atoms. The number of aromatic nitrogens is 1. The van der Waals surface area contributed by atoms with Gasteiger partial charge in [-0.05, 0) is 35.4 Å². The second-order valence-electron chi connectivity index (χ2n) is 3.97. The quantitative estimate of drug-likeness (QED) is 0.916. The fraction of sp³-hybridized carbons (Fsp3) is 0.154. The van der Waals surface area contributed by atoms with Crippen molar-refractivity contribution < 1.29 is 9.50 Å². The van der Waals surface area contributed by atoms with Crippen LogP contribution < -0.4 is 5.73 Å². The fourth-order valence-corrected chi connectivity index (χ4v) is 2.20. The van der Waals surface area contributed by atoms with Crippen molar-refractivity contribution in [3.63, 3.8) is 0 Å². The molecule has 0 aliphatic rings. The minimum Gasteiger partial charge on any atom is -0.388 e. The molecule has 0 aliphatic carbocycles. The monoisotopic (exact) mass is 310 g/mol. The number of aliphatic hydroxyl groups is 1. The summed E-state index contributed by atoms with van der Waals surface area (Å²) in [6.45, 7) is 0. The number of hydrogen-bond acceptors (Lipinski definition) is 3. The number of hydrogen-bond donors (Lipinski definition) is 2. The van der Waals surface area contributed by atoms with Crippen molar-refractivity contribution in [2.24, 2.45) is 0 Å². The molecule has 2 rings (SSSR count). The van der Waals surface area contributed by atoms with E-state index in [1.807, 2.05) is 0 Å². The van der Waals surface area contributed by atoms with E-state index in [0.29, 0.717) is 22.3 Å². The van der Waals surface area contributed by atoms with Gasteiger partial charge in [-0.15, -0.1) is 0 Å². The van der Waals surface area contributed by atoms with E-state index in [-0.39, 0.29) is 0 Å². The van der Waals surface area contributed by atoms with Crippen LogP contribution in [-0.4, -0.2) is 10.1 Å². The van der Waals surface area contributed by atoms with Crippen molar-refractivity contribution in [1.82, 2.24) is 4.98 Å². The van der Waals surface area contributed by atoms with Gasteiger partial charge in [0.25, 0.3) is 0 Å². The van der Waals surface area contributed by atoms with Crippen LogP contribution in [-0.2, 0) is 6.42 Å². The van der Waals surface area contributed by atoms with E-state index in [1.165, 1.54) is 12.1 Å². The molecule has 94 valence electrons. The molecular formula is C13H12BrFN2O. The number of aliphatic hydroxyl groups excluding tert-OH is 1. The number of anilines is 1. The highest BCUT2D eigenvalue weighted by molar-refractivity contribution is 9.10. The van der Waals surface area contributed by atoms with Crippen LogP contribution in [0.25, 0.3) is 0 Å². The summed E-state index contributed by atoms with van der Waals surface area (Å²) in [5.74, 6) is -0.00963. The molecule has 0 fully saturated rings. The van der Waals surface area contributed by atoms with E-state index in [0.717, 1.165) is 5.56 Å². The van der Waals surface area contributed by atoms with Gasteiger partial charge in [0.05, 0.1) is 6.10 Å². The SMILES string of the molecule is Nc1ncccc1CC(O)c1cc(F)cc(Br)c1. The molecule has 1 heterocycles. The zero-order valence-corrected chi connectivity index (χ0v) is 11.1. The third-order valence-electron chi connectivity index (χ3n) is 2.61. The lowest BCUT2D eigenvalue weighted by atomic mass is 10.0. The summed E-state index contributed by atoms with van der Waals surface area (Å²) < 4.78 is 13.8. The molecule has 1 atom stereocenters. The molecule has 0 saturated heterocycles. The summed E-state index contributed by atoms with van der Waals surface area (Å²) in [6, 6.07) is 7.87. The van der Waals surface area contributed by atoms with Gasteiger partial charge in [0.1, 0.15) is 11.6 Å². The number of nitrogens with two attached hydrogens (primary N) is 1. The first-order valence-corrected chi connectivity index (χ1v) is 6.19. The molecule has 3 nitrogen and oxygen atoms in total. The van der Waals surface area contributed by atoms with Crippen LogP contribution in [0.15, 0.2) is 41.0 Å². The molecule has 0 aliphatic heterocycles. The Hall–Kier alpha value is -1.46. The fourth-order valence-electron chi connectivity index (χ4n) is 1.72. The second kappa shape index (κ2) is 5.46. The van der Waals surface area contributed by atoms with E-state index in [2.05, 4.69) is 20.9 Å². The van der Waals surface area contributed by atoms with Gasteiger partial charge in [-0.3, -0.25) is 0 Å². The van der Waals surface area contributed by atoms with Crippen LogP contribution >= 0.6 is 15.9 Å². The summed E-state index contributed by atoms with van der Waals surface area (Å²) in [6.07, 6.45) is 1.07. The van der Waals surface area contributed by atoms with Gasteiger partial charge in [-0.1, -0.05) is 22.0 Å². The van der Waals surface area contributed by atoms with Crippen molar-refractivity contribution in [2.45, 2.75) is 12.5 Å². The average molecular weight is 311 g/mol. The van der Waals surface area contributed by atoms with Crippen molar-refractivity contribution in [3.8, 4) is 0 Å². The smallest absolute Gasteiger partial charge is 0.126 e. The van der Waals surface area contributed by atoms with E-state index < -0.39 is 11.9 Å². The predicted molar refractivity (Wildman–Crippen MR) is 71.4 cm³/mol. The van der Waals surface area contributed by atoms with Crippen molar-refractivity contribution >= 4 is 21.7 Å². The van der Waals surface area contributed by atoms with Crippen molar-refractivity contribution in [2.75, 3.05) is 5.73 Å². The molecule has 1 unspecified atom stereocenters. The number of benzene rings is 1. The number of nitrogen functional groups attached to an aromatic ring is 1. The zero-order chi connectivity index (χ0) is 13.1. The van der Waals surface area contributed by atoms with Gasteiger partial charge < -0.3 is 10.8 Å². The van der Waals surface area contributed by atoms with Gasteiger partial charge in [0.15, 0.2) is 0 Å². The number of rotatable bonds is 3. The van der Waals surface area contributed by atoms with Crippen LogP contribution in [0.4, 0.5) is 10.2 Å². The molecule has 0 saturated carbocycles. The molecule has 0 bridgehead atoms. The van der Waals surface area contributed by atoms with E-state index in [1.54, 1.807) is 24.4 Å². The first kappa shape index (κ1) is 13.0. The normalized spacial score (nSPS) is 12.4. The van der Waals surface area contributed by atoms with Crippen LogP contribution in [0.2, 0.25) is 0 Å². The van der Waals surface area contributed by atoms with Crippen molar-refractivity contribution in [3.05, 3.63) is 57.9 Å². The Bertz CT molecular complexity index is 542. The third kappa shape index (κ3) is 3.05. The van der Waals surface area contributed by atoms with Crippen LogP contribution in [0.1, 0.15) is 17.2 Å². The molecule has 18 heavy (non-hydrogen) atoms. The highest BCUT2D eigenvalue weighted by Gasteiger charge is 2.12. The number of pyridine rings is 1. The maximum absolute atomic E-state index is 13.2. The lowest BCUT2D eigenvalue weighted by molar-refractivity contribution is 0.178. The standard InChI is InChI=1S/C13H12BrFN2O/c14-10-4-9(5-11(15)7-10)12(18)6-8-2-1-3-17-13(8)16/h1-5,7,12,18H,6H2,(H2,16,17). The first-order chi connectivity index (χ1) is 8.56. The number of nitrogens with zero attached hydrogens (tertiary/aromatic N) is 1. The molecule has 1 aromatic heterocycles. The molecule has 1 aromatic carbocycles. The maximum atomic E-state index is 13.2. The Morgan fingerprint density at radius 2 is 2.17 bits per heavy atom. The maximum Gasteiger partial charge on any atom is 0.126 e. The van der Waals surface area contributed by atoms with Gasteiger partial charge in [0, 0.05) is 17.1 Å². The van der Waals surface area contributed by atoms with Gasteiger partial charge in [-0.25, -0.2) is 9.37 Å². The summed E-state index contributed by atoms with van der Waals surface area (Å²) in [5.41, 5.74) is 6.95. The molecular weight excluding hydrogens is 299 g/mol. The summed E-state index contributed by atoms with van der Waals surface area (Å²) >= 11 is 3.19. The Morgan fingerprint density at radius 3 is 2.83 bits per heavy atom. The minimum absolute atomic E-state index is 0.301. The lowest BCUT2D eigenvalue weighted by Gasteiger charge is -2.12. The second-order valence-corrected chi connectivity index (χ2v) is 4.89. The number of halogens is 2. The third-order valence-corrected chi connectivity index (χ3v) is 3.07. The molecule has 2 aromatic rings. The van der Waals surface area contributed by atoms with E-state index >= 15 is 0 Å². The molecule has 0 radical (unpaired) electrons. The average Bonchev–Trinajstić information content (AvgIpc) is 2.31.